The number of rotatable bonds is 5. The molecule has 0 aromatic heterocycles. The van der Waals surface area contributed by atoms with Gasteiger partial charge in [0, 0.05) is 24.8 Å². The number of hydrogen-bond acceptors (Lipinski definition) is 3. The van der Waals surface area contributed by atoms with Crippen LogP contribution < -0.4 is 9.62 Å². The molecule has 0 saturated carbocycles. The zero-order chi connectivity index (χ0) is 17.2. The molecule has 2 aromatic carbocycles. The molecule has 0 amide bonds. The maximum absolute atomic E-state index is 12.6. The van der Waals surface area contributed by atoms with Crippen LogP contribution in [0.15, 0.2) is 53.4 Å². The summed E-state index contributed by atoms with van der Waals surface area (Å²) in [6, 6.07) is 14.8. The summed E-state index contributed by atoms with van der Waals surface area (Å²) in [5.74, 6) is 0. The molecular formula is C17H18Cl2N2O2S. The van der Waals surface area contributed by atoms with Gasteiger partial charge in [-0.3, -0.25) is 0 Å². The van der Waals surface area contributed by atoms with Crippen LogP contribution in [0.25, 0.3) is 0 Å². The topological polar surface area (TPSA) is 49.4 Å². The third-order valence-electron chi connectivity index (χ3n) is 4.16. The lowest BCUT2D eigenvalue weighted by Gasteiger charge is -2.27. The summed E-state index contributed by atoms with van der Waals surface area (Å²) in [6.07, 6.45) is 1.97. The third-order valence-corrected chi connectivity index (χ3v) is 6.54. The number of anilines is 1. The molecule has 1 heterocycles. The maximum Gasteiger partial charge on any atom is 0.243 e. The second kappa shape index (κ2) is 7.31. The van der Waals surface area contributed by atoms with Crippen LogP contribution in [-0.4, -0.2) is 27.5 Å². The standard InChI is InChI=1S/C17H18Cl2N2O2S/c18-15-9-4-10-16(19)17(15)24(22,23)20-12-14-8-5-11-21(14)13-6-2-1-3-7-13/h1-4,6-7,9-10,14,20H,5,8,11-12H2. The van der Waals surface area contributed by atoms with Gasteiger partial charge in [-0.25, -0.2) is 13.1 Å². The lowest BCUT2D eigenvalue weighted by atomic mass is 10.2. The van der Waals surface area contributed by atoms with E-state index in [1.807, 2.05) is 30.3 Å². The minimum absolute atomic E-state index is 0.0578. The molecule has 1 aliphatic rings. The lowest BCUT2D eigenvalue weighted by Crippen LogP contribution is -2.40. The summed E-state index contributed by atoms with van der Waals surface area (Å²) in [5.41, 5.74) is 1.11. The molecule has 1 aliphatic heterocycles. The minimum Gasteiger partial charge on any atom is -0.367 e. The summed E-state index contributed by atoms with van der Waals surface area (Å²) in [7, 11) is -3.76. The SMILES string of the molecule is O=S(=O)(NCC1CCCN1c1ccccc1)c1c(Cl)cccc1Cl. The Bertz CT molecular complexity index is 792. The van der Waals surface area contributed by atoms with Crippen molar-refractivity contribution in [1.82, 2.24) is 4.72 Å². The van der Waals surface area contributed by atoms with Gasteiger partial charge in [0.05, 0.1) is 10.0 Å². The Labute approximate surface area is 152 Å². The zero-order valence-corrected chi connectivity index (χ0v) is 15.3. The van der Waals surface area contributed by atoms with E-state index in [0.29, 0.717) is 6.54 Å². The normalized spacial score (nSPS) is 18.1. The summed E-state index contributed by atoms with van der Waals surface area (Å²) in [5, 5.41) is 0.252. The van der Waals surface area contributed by atoms with Crippen LogP contribution in [-0.2, 0) is 10.0 Å². The van der Waals surface area contributed by atoms with Crippen molar-refractivity contribution in [1.29, 1.82) is 0 Å². The molecule has 3 rings (SSSR count). The van der Waals surface area contributed by atoms with Crippen LogP contribution >= 0.6 is 23.2 Å². The molecular weight excluding hydrogens is 367 g/mol. The fourth-order valence-electron chi connectivity index (χ4n) is 3.02. The van der Waals surface area contributed by atoms with Gasteiger partial charge in [0.2, 0.25) is 10.0 Å². The number of nitrogens with one attached hydrogen (secondary N) is 1. The van der Waals surface area contributed by atoms with E-state index < -0.39 is 10.0 Å². The first-order valence-electron chi connectivity index (χ1n) is 7.74. The Morgan fingerprint density at radius 3 is 2.38 bits per heavy atom. The summed E-state index contributed by atoms with van der Waals surface area (Å²) in [6.45, 7) is 1.24. The molecule has 1 fully saturated rings. The van der Waals surface area contributed by atoms with Gasteiger partial charge in [-0.15, -0.1) is 0 Å². The van der Waals surface area contributed by atoms with E-state index in [1.54, 1.807) is 6.07 Å². The first-order chi connectivity index (χ1) is 11.5. The van der Waals surface area contributed by atoms with Gasteiger partial charge in [-0.2, -0.15) is 0 Å². The molecule has 1 atom stereocenters. The Balaban J connectivity index is 1.75. The van der Waals surface area contributed by atoms with Crippen molar-refractivity contribution in [3.8, 4) is 0 Å². The first kappa shape index (κ1) is 17.5. The number of halogens is 2. The van der Waals surface area contributed by atoms with Gasteiger partial charge in [0.15, 0.2) is 0 Å². The molecule has 2 aromatic rings. The predicted molar refractivity (Wildman–Crippen MR) is 98.5 cm³/mol. The van der Waals surface area contributed by atoms with E-state index in [1.165, 1.54) is 12.1 Å². The average molecular weight is 385 g/mol. The number of para-hydroxylation sites is 1. The van der Waals surface area contributed by atoms with Crippen molar-refractivity contribution in [2.75, 3.05) is 18.0 Å². The van der Waals surface area contributed by atoms with Gasteiger partial charge in [0.1, 0.15) is 4.90 Å². The van der Waals surface area contributed by atoms with E-state index >= 15 is 0 Å². The number of hydrogen-bond donors (Lipinski definition) is 1. The van der Waals surface area contributed by atoms with Crippen LogP contribution in [0.1, 0.15) is 12.8 Å². The molecule has 7 heteroatoms. The highest BCUT2D eigenvalue weighted by molar-refractivity contribution is 7.89. The lowest BCUT2D eigenvalue weighted by molar-refractivity contribution is 0.567. The van der Waals surface area contributed by atoms with E-state index in [0.717, 1.165) is 25.1 Å². The monoisotopic (exact) mass is 384 g/mol. The number of benzene rings is 2. The fourth-order valence-corrected chi connectivity index (χ4v) is 5.24. The van der Waals surface area contributed by atoms with Gasteiger partial charge in [-0.05, 0) is 37.1 Å². The minimum atomic E-state index is -3.76. The summed E-state index contributed by atoms with van der Waals surface area (Å²) in [4.78, 5) is 2.18. The number of nitrogens with zero attached hydrogens (tertiary/aromatic N) is 1. The van der Waals surface area contributed by atoms with Gasteiger partial charge >= 0.3 is 0 Å². The Morgan fingerprint density at radius 1 is 1.04 bits per heavy atom. The predicted octanol–water partition coefficient (Wildman–Crippen LogP) is 3.94. The Kier molecular flexibility index (Phi) is 5.35. The number of sulfonamides is 1. The first-order valence-corrected chi connectivity index (χ1v) is 9.98. The second-order valence-electron chi connectivity index (χ2n) is 5.73. The van der Waals surface area contributed by atoms with Crippen molar-refractivity contribution in [3.63, 3.8) is 0 Å². The third kappa shape index (κ3) is 3.70. The molecule has 1 N–H and O–H groups in total. The van der Waals surface area contributed by atoms with E-state index in [-0.39, 0.29) is 21.0 Å². The molecule has 0 bridgehead atoms. The average Bonchev–Trinajstić information content (AvgIpc) is 3.02. The molecule has 1 unspecified atom stereocenters. The van der Waals surface area contributed by atoms with E-state index in [2.05, 4.69) is 9.62 Å². The molecule has 0 aliphatic carbocycles. The summed E-state index contributed by atoms with van der Waals surface area (Å²) >= 11 is 12.0. The van der Waals surface area contributed by atoms with Crippen LogP contribution in [0.2, 0.25) is 10.0 Å². The highest BCUT2D eigenvalue weighted by Gasteiger charge is 2.28. The molecule has 0 radical (unpaired) electrons. The fraction of sp³-hybridized carbons (Fsp3) is 0.294. The van der Waals surface area contributed by atoms with E-state index in [4.69, 9.17) is 23.2 Å². The molecule has 4 nitrogen and oxygen atoms in total. The highest BCUT2D eigenvalue weighted by atomic mass is 35.5. The Hall–Kier alpha value is -1.27. The molecule has 0 spiro atoms. The Morgan fingerprint density at radius 2 is 1.71 bits per heavy atom. The maximum atomic E-state index is 12.6. The van der Waals surface area contributed by atoms with Crippen LogP contribution in [0.3, 0.4) is 0 Å². The smallest absolute Gasteiger partial charge is 0.243 e. The van der Waals surface area contributed by atoms with Crippen molar-refractivity contribution in [2.24, 2.45) is 0 Å². The van der Waals surface area contributed by atoms with Crippen molar-refractivity contribution >= 4 is 38.9 Å². The molecule has 24 heavy (non-hydrogen) atoms. The van der Waals surface area contributed by atoms with Crippen molar-refractivity contribution in [2.45, 2.75) is 23.8 Å². The van der Waals surface area contributed by atoms with Crippen molar-refractivity contribution < 1.29 is 8.42 Å². The van der Waals surface area contributed by atoms with Crippen LogP contribution in [0.4, 0.5) is 5.69 Å². The quantitative estimate of drug-likeness (QED) is 0.848. The molecule has 128 valence electrons. The summed E-state index contributed by atoms with van der Waals surface area (Å²) < 4.78 is 27.8. The van der Waals surface area contributed by atoms with Crippen molar-refractivity contribution in [3.05, 3.63) is 58.6 Å². The molecule has 1 saturated heterocycles. The van der Waals surface area contributed by atoms with Gasteiger partial charge in [0.25, 0.3) is 0 Å². The zero-order valence-electron chi connectivity index (χ0n) is 13.0. The van der Waals surface area contributed by atoms with E-state index in [9.17, 15) is 8.42 Å². The van der Waals surface area contributed by atoms with Crippen LogP contribution in [0.5, 0.6) is 0 Å². The second-order valence-corrected chi connectivity index (χ2v) is 8.25. The highest BCUT2D eigenvalue weighted by Crippen LogP contribution is 2.29. The van der Waals surface area contributed by atoms with Gasteiger partial charge < -0.3 is 4.90 Å². The van der Waals surface area contributed by atoms with Crippen LogP contribution in [0, 0.1) is 0 Å². The largest absolute Gasteiger partial charge is 0.367 e. The van der Waals surface area contributed by atoms with Gasteiger partial charge in [-0.1, -0.05) is 47.5 Å².